The predicted molar refractivity (Wildman–Crippen MR) is 219 cm³/mol. The minimum atomic E-state index is -0.534. The largest absolute Gasteiger partial charge is 0.457 e. The van der Waals surface area contributed by atoms with Crippen molar-refractivity contribution >= 4 is 5.97 Å². The molecule has 0 amide bonds. The zero-order valence-corrected chi connectivity index (χ0v) is 33.9. The average molecular weight is 705 g/mol. The third kappa shape index (κ3) is 41.3. The highest BCUT2D eigenvalue weighted by Crippen LogP contribution is 2.14. The fraction of sp³-hybridized carbons (Fsp3) is 0.891. The highest BCUT2D eigenvalue weighted by molar-refractivity contribution is 5.69. The summed E-state index contributed by atoms with van der Waals surface area (Å²) < 4.78 is 11.2. The number of ether oxygens (including phenoxy) is 2. The minimum Gasteiger partial charge on any atom is -0.457 e. The second-order valence-electron chi connectivity index (χ2n) is 15.1. The van der Waals surface area contributed by atoms with Gasteiger partial charge in [0.1, 0.15) is 6.10 Å². The number of rotatable bonds is 42. The van der Waals surface area contributed by atoms with E-state index in [1.165, 1.54) is 199 Å². The van der Waals surface area contributed by atoms with Crippen LogP contribution in [0.25, 0.3) is 0 Å². The molecule has 0 aliphatic carbocycles. The molecule has 0 radical (unpaired) electrons. The lowest BCUT2D eigenvalue weighted by Crippen LogP contribution is -2.27. The summed E-state index contributed by atoms with van der Waals surface area (Å²) in [6, 6.07) is 0. The molecular formula is C46H88O4. The molecule has 0 saturated heterocycles. The number of carbonyl (C=O) groups excluding carboxylic acids is 1. The molecule has 4 heteroatoms. The van der Waals surface area contributed by atoms with Gasteiger partial charge in [0.15, 0.2) is 0 Å². The SMILES string of the molecule is CCCCCCCC/C=C\CCCCCCCCCCCC(=O)OC(CO)COCCCCCCCCCC/C=C\CCCCCCCCC. The molecule has 50 heavy (non-hydrogen) atoms. The van der Waals surface area contributed by atoms with Gasteiger partial charge in [-0.3, -0.25) is 4.79 Å². The molecule has 0 fully saturated rings. The Morgan fingerprint density at radius 3 is 1.14 bits per heavy atom. The Labute approximate surface area is 313 Å². The van der Waals surface area contributed by atoms with Gasteiger partial charge in [-0.25, -0.2) is 0 Å². The molecule has 1 unspecified atom stereocenters. The van der Waals surface area contributed by atoms with Crippen LogP contribution in [-0.4, -0.2) is 37.0 Å². The molecule has 0 saturated carbocycles. The zero-order valence-electron chi connectivity index (χ0n) is 33.9. The Kier molecular flexibility index (Phi) is 43.0. The van der Waals surface area contributed by atoms with Crippen LogP contribution < -0.4 is 0 Å². The Morgan fingerprint density at radius 1 is 0.460 bits per heavy atom. The van der Waals surface area contributed by atoms with Crippen LogP contribution in [0.15, 0.2) is 24.3 Å². The van der Waals surface area contributed by atoms with E-state index in [1.807, 2.05) is 0 Å². The first-order valence-corrected chi connectivity index (χ1v) is 22.4. The summed E-state index contributed by atoms with van der Waals surface area (Å²) in [5.74, 6) is -0.201. The molecule has 1 N–H and O–H groups in total. The maximum Gasteiger partial charge on any atom is 0.306 e. The van der Waals surface area contributed by atoms with Gasteiger partial charge in [-0.15, -0.1) is 0 Å². The summed E-state index contributed by atoms with van der Waals surface area (Å²) in [4.78, 5) is 12.2. The van der Waals surface area contributed by atoms with E-state index in [0.29, 0.717) is 19.6 Å². The van der Waals surface area contributed by atoms with E-state index in [9.17, 15) is 9.90 Å². The molecule has 0 bridgehead atoms. The molecule has 296 valence electrons. The third-order valence-electron chi connectivity index (χ3n) is 10.00. The van der Waals surface area contributed by atoms with Gasteiger partial charge in [-0.05, 0) is 64.2 Å². The lowest BCUT2D eigenvalue weighted by molar-refractivity contribution is -0.154. The molecule has 0 rings (SSSR count). The van der Waals surface area contributed by atoms with Crippen molar-refractivity contribution in [3.8, 4) is 0 Å². The van der Waals surface area contributed by atoms with Crippen molar-refractivity contribution in [2.24, 2.45) is 0 Å². The second kappa shape index (κ2) is 44.0. The Hall–Kier alpha value is -1.13. The number of hydrogen-bond acceptors (Lipinski definition) is 4. The fourth-order valence-corrected chi connectivity index (χ4v) is 6.61. The summed E-state index contributed by atoms with van der Waals surface area (Å²) in [5.41, 5.74) is 0. The number of hydrogen-bond donors (Lipinski definition) is 1. The van der Waals surface area contributed by atoms with Crippen molar-refractivity contribution in [3.05, 3.63) is 24.3 Å². The number of unbranched alkanes of at least 4 members (excludes halogenated alkanes) is 30. The van der Waals surface area contributed by atoms with Crippen molar-refractivity contribution < 1.29 is 19.4 Å². The molecule has 0 spiro atoms. The van der Waals surface area contributed by atoms with E-state index >= 15 is 0 Å². The summed E-state index contributed by atoms with van der Waals surface area (Å²) in [7, 11) is 0. The standard InChI is InChI=1S/C46H88O4/c1-3-5-7-9-11-13-15-17-19-21-23-25-27-29-31-33-35-37-39-41-46(48)50-45(43-47)44-49-42-40-38-36-34-32-30-28-26-24-22-20-18-16-14-12-10-8-6-4-2/h17,19-20,22,45,47H,3-16,18,21,23-44H2,1-2H3/b19-17-,22-20-. The first kappa shape index (κ1) is 48.9. The Morgan fingerprint density at radius 2 is 0.780 bits per heavy atom. The smallest absolute Gasteiger partial charge is 0.306 e. The van der Waals surface area contributed by atoms with Gasteiger partial charge in [0.05, 0.1) is 13.2 Å². The summed E-state index contributed by atoms with van der Waals surface area (Å²) in [5, 5.41) is 9.61. The minimum absolute atomic E-state index is 0.170. The first-order valence-electron chi connectivity index (χ1n) is 22.4. The van der Waals surface area contributed by atoms with E-state index in [4.69, 9.17) is 9.47 Å². The molecule has 0 aliphatic heterocycles. The predicted octanol–water partition coefficient (Wildman–Crippen LogP) is 14.7. The van der Waals surface area contributed by atoms with E-state index < -0.39 is 6.10 Å². The topological polar surface area (TPSA) is 55.8 Å². The lowest BCUT2D eigenvalue weighted by Gasteiger charge is -2.16. The van der Waals surface area contributed by atoms with Crippen LogP contribution in [0.3, 0.4) is 0 Å². The van der Waals surface area contributed by atoms with Crippen LogP contribution in [0.4, 0.5) is 0 Å². The van der Waals surface area contributed by atoms with Gasteiger partial charge < -0.3 is 14.6 Å². The van der Waals surface area contributed by atoms with Crippen LogP contribution in [0.5, 0.6) is 0 Å². The normalized spacial score (nSPS) is 12.5. The van der Waals surface area contributed by atoms with Crippen molar-refractivity contribution in [3.63, 3.8) is 0 Å². The number of carbonyl (C=O) groups is 1. The molecule has 0 aromatic carbocycles. The third-order valence-corrected chi connectivity index (χ3v) is 10.00. The highest BCUT2D eigenvalue weighted by atomic mass is 16.6. The quantitative estimate of drug-likeness (QED) is 0.0390. The zero-order chi connectivity index (χ0) is 36.3. The van der Waals surface area contributed by atoms with Crippen LogP contribution in [-0.2, 0) is 14.3 Å². The van der Waals surface area contributed by atoms with Crippen LogP contribution in [0.1, 0.15) is 239 Å². The van der Waals surface area contributed by atoms with Crippen LogP contribution in [0, 0.1) is 0 Å². The maximum atomic E-state index is 12.2. The number of allylic oxidation sites excluding steroid dienone is 4. The average Bonchev–Trinajstić information content (AvgIpc) is 3.12. The monoisotopic (exact) mass is 705 g/mol. The second-order valence-corrected chi connectivity index (χ2v) is 15.1. The molecule has 0 heterocycles. The Balaban J connectivity index is 3.40. The van der Waals surface area contributed by atoms with Gasteiger partial charge >= 0.3 is 5.97 Å². The van der Waals surface area contributed by atoms with Gasteiger partial charge in [0.25, 0.3) is 0 Å². The lowest BCUT2D eigenvalue weighted by atomic mass is 10.1. The summed E-state index contributed by atoms with van der Waals surface area (Å²) in [6.07, 6.45) is 53.8. The van der Waals surface area contributed by atoms with E-state index in [-0.39, 0.29) is 12.6 Å². The molecule has 0 aromatic rings. The molecule has 4 nitrogen and oxygen atoms in total. The molecule has 0 aromatic heterocycles. The van der Waals surface area contributed by atoms with Crippen molar-refractivity contribution in [1.82, 2.24) is 0 Å². The van der Waals surface area contributed by atoms with Gasteiger partial charge in [-0.2, -0.15) is 0 Å². The maximum absolute atomic E-state index is 12.2. The molecule has 1 atom stereocenters. The van der Waals surface area contributed by atoms with E-state index in [0.717, 1.165) is 19.3 Å². The van der Waals surface area contributed by atoms with Crippen molar-refractivity contribution in [2.45, 2.75) is 245 Å². The van der Waals surface area contributed by atoms with E-state index in [2.05, 4.69) is 38.2 Å². The Bertz CT molecular complexity index is 702. The van der Waals surface area contributed by atoms with Crippen molar-refractivity contribution in [2.75, 3.05) is 19.8 Å². The van der Waals surface area contributed by atoms with Crippen LogP contribution in [0.2, 0.25) is 0 Å². The van der Waals surface area contributed by atoms with Crippen LogP contribution >= 0.6 is 0 Å². The van der Waals surface area contributed by atoms with Gasteiger partial charge in [0, 0.05) is 13.0 Å². The van der Waals surface area contributed by atoms with Gasteiger partial charge in [0.2, 0.25) is 0 Å². The van der Waals surface area contributed by atoms with Gasteiger partial charge in [-0.1, -0.05) is 192 Å². The first-order chi connectivity index (χ1) is 24.7. The fourth-order valence-electron chi connectivity index (χ4n) is 6.61. The highest BCUT2D eigenvalue weighted by Gasteiger charge is 2.13. The molecular weight excluding hydrogens is 617 g/mol. The summed E-state index contributed by atoms with van der Waals surface area (Å²) >= 11 is 0. The summed E-state index contributed by atoms with van der Waals surface area (Å²) in [6.45, 7) is 5.36. The van der Waals surface area contributed by atoms with Crippen molar-refractivity contribution in [1.29, 1.82) is 0 Å². The number of esters is 1. The molecule has 0 aliphatic rings. The number of aliphatic hydroxyl groups is 1. The number of aliphatic hydroxyl groups excluding tert-OH is 1. The van der Waals surface area contributed by atoms with E-state index in [1.54, 1.807) is 0 Å².